The second-order valence-corrected chi connectivity index (χ2v) is 4.51. The number of carboxylic acid groups (broad SMARTS) is 2. The molecule has 0 saturated heterocycles. The van der Waals surface area contributed by atoms with E-state index in [-0.39, 0.29) is 0 Å². The van der Waals surface area contributed by atoms with Crippen molar-refractivity contribution in [1.82, 2.24) is 0 Å². The normalized spacial score (nSPS) is 8.54. The van der Waals surface area contributed by atoms with Gasteiger partial charge in [0.25, 0.3) is 11.9 Å². The number of carboxylic acids is 2. The number of hydrogen-bond acceptors (Lipinski definition) is 6. The Balaban J connectivity index is 0.000000662. The highest BCUT2D eigenvalue weighted by molar-refractivity contribution is 5.92. The molecular formula is C18H18O8. The molecule has 8 nitrogen and oxygen atoms in total. The Morgan fingerprint density at radius 2 is 0.846 bits per heavy atom. The van der Waals surface area contributed by atoms with Crippen molar-refractivity contribution in [2.45, 2.75) is 13.8 Å². The van der Waals surface area contributed by atoms with Crippen LogP contribution in [0.4, 0.5) is 0 Å². The molecule has 0 bridgehead atoms. The van der Waals surface area contributed by atoms with Gasteiger partial charge in [-0.25, -0.2) is 19.4 Å². The molecule has 0 aliphatic heterocycles. The third-order valence-electron chi connectivity index (χ3n) is 2.21. The average Bonchev–Trinajstić information content (AvgIpc) is 2.60. The number of hydrogen-bond donors (Lipinski definition) is 2. The average molecular weight is 362 g/mol. The van der Waals surface area contributed by atoms with Crippen molar-refractivity contribution in [2.24, 2.45) is 0 Å². The molecule has 138 valence electrons. The van der Waals surface area contributed by atoms with Gasteiger partial charge in [-0.1, -0.05) is 36.4 Å². The molecule has 0 heterocycles. The zero-order valence-electron chi connectivity index (χ0n) is 14.1. The fourth-order valence-electron chi connectivity index (χ4n) is 1.32. The molecular weight excluding hydrogens is 344 g/mol. The third-order valence-corrected chi connectivity index (χ3v) is 2.21. The molecule has 0 aromatic heterocycles. The SMILES string of the molecule is CC(=O)O.CC(=O)O.O=C(OOC(=O)c1ccccc1)c1ccccc1. The van der Waals surface area contributed by atoms with Gasteiger partial charge in [0.15, 0.2) is 0 Å². The van der Waals surface area contributed by atoms with Crippen molar-refractivity contribution in [3.63, 3.8) is 0 Å². The van der Waals surface area contributed by atoms with E-state index in [9.17, 15) is 9.59 Å². The molecule has 0 saturated carbocycles. The molecule has 2 aromatic carbocycles. The van der Waals surface area contributed by atoms with Gasteiger partial charge in [0, 0.05) is 13.8 Å². The van der Waals surface area contributed by atoms with Gasteiger partial charge in [-0.05, 0) is 24.3 Å². The lowest BCUT2D eigenvalue weighted by Crippen LogP contribution is -2.11. The van der Waals surface area contributed by atoms with E-state index < -0.39 is 23.9 Å². The molecule has 0 aliphatic carbocycles. The summed E-state index contributed by atoms with van der Waals surface area (Å²) in [6.45, 7) is 2.17. The van der Waals surface area contributed by atoms with E-state index in [1.165, 1.54) is 0 Å². The van der Waals surface area contributed by atoms with E-state index in [1.807, 2.05) is 0 Å². The first kappa shape index (κ1) is 22.3. The quantitative estimate of drug-likeness (QED) is 0.617. The Bertz CT molecular complexity index is 639. The summed E-state index contributed by atoms with van der Waals surface area (Å²) in [5.74, 6) is -3.08. The largest absolute Gasteiger partial charge is 0.481 e. The van der Waals surface area contributed by atoms with E-state index in [0.717, 1.165) is 13.8 Å². The second kappa shape index (κ2) is 12.7. The highest BCUT2D eigenvalue weighted by atomic mass is 17.2. The predicted octanol–water partition coefficient (Wildman–Crippen LogP) is 2.80. The van der Waals surface area contributed by atoms with Crippen LogP contribution in [-0.4, -0.2) is 34.1 Å². The molecule has 2 N–H and O–H groups in total. The Labute approximate surface area is 149 Å². The van der Waals surface area contributed by atoms with E-state index in [0.29, 0.717) is 11.1 Å². The summed E-state index contributed by atoms with van der Waals surface area (Å²) in [4.78, 5) is 49.9. The molecule has 26 heavy (non-hydrogen) atoms. The minimum absolute atomic E-state index is 0.318. The molecule has 2 rings (SSSR count). The van der Waals surface area contributed by atoms with Crippen molar-refractivity contribution in [2.75, 3.05) is 0 Å². The zero-order chi connectivity index (χ0) is 19.9. The van der Waals surface area contributed by atoms with Crippen LogP contribution in [0.2, 0.25) is 0 Å². The van der Waals surface area contributed by atoms with Crippen LogP contribution in [0.25, 0.3) is 0 Å². The fourth-order valence-corrected chi connectivity index (χ4v) is 1.32. The van der Waals surface area contributed by atoms with Crippen LogP contribution in [0.1, 0.15) is 34.6 Å². The van der Waals surface area contributed by atoms with E-state index in [2.05, 4.69) is 9.78 Å². The molecule has 0 amide bonds. The third kappa shape index (κ3) is 11.8. The molecule has 0 fully saturated rings. The number of aliphatic carboxylic acids is 2. The minimum atomic E-state index is -0.833. The van der Waals surface area contributed by atoms with Crippen LogP contribution in [0.5, 0.6) is 0 Å². The van der Waals surface area contributed by atoms with Crippen LogP contribution in [0, 0.1) is 0 Å². The van der Waals surface area contributed by atoms with Gasteiger partial charge in [-0.15, -0.1) is 0 Å². The lowest BCUT2D eigenvalue weighted by Gasteiger charge is -2.02. The van der Waals surface area contributed by atoms with Crippen LogP contribution in [0.3, 0.4) is 0 Å². The van der Waals surface area contributed by atoms with Crippen molar-refractivity contribution in [3.05, 3.63) is 71.8 Å². The highest BCUT2D eigenvalue weighted by Crippen LogP contribution is 2.05. The van der Waals surface area contributed by atoms with Crippen molar-refractivity contribution in [1.29, 1.82) is 0 Å². The van der Waals surface area contributed by atoms with Gasteiger partial charge in [0.05, 0.1) is 11.1 Å². The maximum atomic E-state index is 11.5. The summed E-state index contributed by atoms with van der Waals surface area (Å²) >= 11 is 0. The van der Waals surface area contributed by atoms with Crippen molar-refractivity contribution >= 4 is 23.9 Å². The van der Waals surface area contributed by atoms with Crippen LogP contribution < -0.4 is 0 Å². The predicted molar refractivity (Wildman–Crippen MR) is 90.3 cm³/mol. The van der Waals surface area contributed by atoms with Crippen molar-refractivity contribution < 1.29 is 39.2 Å². The molecule has 0 aliphatic rings. The summed E-state index contributed by atoms with van der Waals surface area (Å²) in [7, 11) is 0. The van der Waals surface area contributed by atoms with Gasteiger partial charge < -0.3 is 10.2 Å². The number of rotatable bonds is 2. The van der Waals surface area contributed by atoms with Gasteiger partial charge in [-0.2, -0.15) is 0 Å². The molecule has 2 aromatic rings. The first-order valence-electron chi connectivity index (χ1n) is 7.16. The topological polar surface area (TPSA) is 127 Å². The van der Waals surface area contributed by atoms with E-state index in [4.69, 9.17) is 19.8 Å². The Hall–Kier alpha value is -3.68. The fraction of sp³-hybridized carbons (Fsp3) is 0.111. The zero-order valence-corrected chi connectivity index (χ0v) is 14.1. The Morgan fingerprint density at radius 3 is 1.08 bits per heavy atom. The molecule has 0 spiro atoms. The van der Waals surface area contributed by atoms with E-state index in [1.54, 1.807) is 60.7 Å². The molecule has 0 radical (unpaired) electrons. The van der Waals surface area contributed by atoms with Crippen molar-refractivity contribution in [3.8, 4) is 0 Å². The minimum Gasteiger partial charge on any atom is -0.481 e. The maximum absolute atomic E-state index is 11.5. The first-order valence-corrected chi connectivity index (χ1v) is 7.16. The molecule has 8 heteroatoms. The summed E-state index contributed by atoms with van der Waals surface area (Å²) in [5, 5.41) is 14.8. The Kier molecular flexibility index (Phi) is 10.9. The van der Waals surface area contributed by atoms with Gasteiger partial charge >= 0.3 is 11.9 Å². The standard InChI is InChI=1S/C14H10O4.2C2H4O2/c15-13(11-7-3-1-4-8-11)17-18-14(16)12-9-5-2-6-10-12;2*1-2(3)4/h1-10H;2*1H3,(H,3,4). The summed E-state index contributed by atoms with van der Waals surface area (Å²) < 4.78 is 0. The molecule has 0 atom stereocenters. The summed E-state index contributed by atoms with van der Waals surface area (Å²) in [5.41, 5.74) is 0.636. The lowest BCUT2D eigenvalue weighted by atomic mass is 10.2. The second-order valence-electron chi connectivity index (χ2n) is 4.51. The van der Waals surface area contributed by atoms with Crippen LogP contribution in [-0.2, 0) is 19.4 Å². The number of benzene rings is 2. The highest BCUT2D eigenvalue weighted by Gasteiger charge is 2.12. The summed E-state index contributed by atoms with van der Waals surface area (Å²) in [6, 6.07) is 16.6. The van der Waals surface area contributed by atoms with E-state index >= 15 is 0 Å². The Morgan fingerprint density at radius 1 is 0.615 bits per heavy atom. The van der Waals surface area contributed by atoms with Gasteiger partial charge in [0.2, 0.25) is 0 Å². The monoisotopic (exact) mass is 362 g/mol. The maximum Gasteiger partial charge on any atom is 0.386 e. The lowest BCUT2D eigenvalue weighted by molar-refractivity contribution is -0.187. The van der Waals surface area contributed by atoms with Gasteiger partial charge in [-0.3, -0.25) is 9.59 Å². The number of carbonyl (C=O) groups excluding carboxylic acids is 2. The summed E-state index contributed by atoms with van der Waals surface area (Å²) in [6.07, 6.45) is 0. The van der Waals surface area contributed by atoms with Crippen LogP contribution >= 0.6 is 0 Å². The van der Waals surface area contributed by atoms with Crippen LogP contribution in [0.15, 0.2) is 60.7 Å². The first-order chi connectivity index (χ1) is 12.2. The molecule has 0 unspecified atom stereocenters. The smallest absolute Gasteiger partial charge is 0.386 e. The number of carbonyl (C=O) groups is 4. The van der Waals surface area contributed by atoms with Gasteiger partial charge in [0.1, 0.15) is 0 Å².